The highest BCUT2D eigenvalue weighted by Gasteiger charge is 2.16. The number of halogens is 1. The molecule has 0 heterocycles. The minimum atomic E-state index is -0.175. The fraction of sp³-hybridized carbons (Fsp3) is 0.368. The van der Waals surface area contributed by atoms with Crippen molar-refractivity contribution >= 4 is 5.69 Å². The average molecular weight is 283 g/mol. The highest BCUT2D eigenvalue weighted by Crippen LogP contribution is 2.31. The van der Waals surface area contributed by atoms with Crippen molar-refractivity contribution in [1.29, 1.82) is 0 Å². The van der Waals surface area contributed by atoms with E-state index in [1.165, 1.54) is 42.5 Å². The van der Waals surface area contributed by atoms with Gasteiger partial charge in [-0.1, -0.05) is 31.2 Å². The zero-order chi connectivity index (χ0) is 14.7. The largest absolute Gasteiger partial charge is 0.378 e. The Balaban J connectivity index is 1.86. The van der Waals surface area contributed by atoms with Gasteiger partial charge in [-0.05, 0) is 67.0 Å². The van der Waals surface area contributed by atoms with Crippen LogP contribution in [0.25, 0.3) is 0 Å². The summed E-state index contributed by atoms with van der Waals surface area (Å²) in [6, 6.07) is 13.6. The molecular weight excluding hydrogens is 261 g/mol. The van der Waals surface area contributed by atoms with Crippen LogP contribution in [0.5, 0.6) is 0 Å². The Labute approximate surface area is 126 Å². The molecule has 0 spiro atoms. The van der Waals surface area contributed by atoms with Crippen LogP contribution in [0.1, 0.15) is 48.9 Å². The normalized spacial score (nSPS) is 15.3. The first-order valence-electron chi connectivity index (χ1n) is 7.90. The predicted octanol–water partition coefficient (Wildman–Crippen LogP) is 5.27. The van der Waals surface area contributed by atoms with Crippen LogP contribution in [0.4, 0.5) is 10.1 Å². The summed E-state index contributed by atoms with van der Waals surface area (Å²) in [5.74, 6) is -0.175. The molecule has 21 heavy (non-hydrogen) atoms. The number of fused-ring (bicyclic) bond motifs is 1. The van der Waals surface area contributed by atoms with E-state index in [1.54, 1.807) is 12.1 Å². The molecule has 1 aliphatic carbocycles. The van der Waals surface area contributed by atoms with E-state index in [1.807, 2.05) is 12.1 Å². The highest BCUT2D eigenvalue weighted by atomic mass is 19.1. The summed E-state index contributed by atoms with van der Waals surface area (Å²) in [4.78, 5) is 0. The van der Waals surface area contributed by atoms with E-state index >= 15 is 0 Å². The summed E-state index contributed by atoms with van der Waals surface area (Å²) in [5, 5.41) is 3.67. The van der Waals surface area contributed by atoms with Gasteiger partial charge in [-0.25, -0.2) is 4.39 Å². The molecule has 0 saturated heterocycles. The summed E-state index contributed by atoms with van der Waals surface area (Å²) in [6.45, 7) is 2.16. The second kappa shape index (κ2) is 6.30. The molecule has 110 valence electrons. The number of hydrogen-bond donors (Lipinski definition) is 1. The number of rotatable bonds is 4. The lowest BCUT2D eigenvalue weighted by atomic mass is 9.90. The second-order valence-corrected chi connectivity index (χ2v) is 5.81. The monoisotopic (exact) mass is 283 g/mol. The zero-order valence-electron chi connectivity index (χ0n) is 12.5. The van der Waals surface area contributed by atoms with Gasteiger partial charge in [0.1, 0.15) is 5.82 Å². The Kier molecular flexibility index (Phi) is 4.23. The van der Waals surface area contributed by atoms with Crippen LogP contribution >= 0.6 is 0 Å². The van der Waals surface area contributed by atoms with Gasteiger partial charge in [0.15, 0.2) is 0 Å². The molecule has 3 rings (SSSR count). The highest BCUT2D eigenvalue weighted by molar-refractivity contribution is 5.56. The molecule has 1 atom stereocenters. The summed E-state index contributed by atoms with van der Waals surface area (Å²) in [6.07, 6.45) is 5.91. The van der Waals surface area contributed by atoms with E-state index < -0.39 is 0 Å². The van der Waals surface area contributed by atoms with Gasteiger partial charge in [-0.15, -0.1) is 0 Å². The average Bonchev–Trinajstić information content (AvgIpc) is 2.54. The first-order chi connectivity index (χ1) is 10.3. The Bertz CT molecular complexity index is 603. The van der Waals surface area contributed by atoms with E-state index in [2.05, 4.69) is 30.4 Å². The third-order valence-electron chi connectivity index (χ3n) is 4.41. The van der Waals surface area contributed by atoms with Gasteiger partial charge in [0, 0.05) is 5.69 Å². The molecule has 0 radical (unpaired) electrons. The fourth-order valence-corrected chi connectivity index (χ4v) is 3.22. The molecule has 2 aromatic carbocycles. The summed E-state index contributed by atoms with van der Waals surface area (Å²) in [5.41, 5.74) is 5.36. The third-order valence-corrected chi connectivity index (χ3v) is 4.41. The lowest BCUT2D eigenvalue weighted by Crippen LogP contribution is -2.13. The van der Waals surface area contributed by atoms with Crippen molar-refractivity contribution in [3.05, 3.63) is 65.0 Å². The lowest BCUT2D eigenvalue weighted by Gasteiger charge is -2.24. The van der Waals surface area contributed by atoms with Crippen molar-refractivity contribution in [1.82, 2.24) is 0 Å². The molecule has 1 nitrogen and oxygen atoms in total. The van der Waals surface area contributed by atoms with E-state index in [9.17, 15) is 4.39 Å². The Morgan fingerprint density at radius 2 is 1.81 bits per heavy atom. The molecule has 2 heteroatoms. The molecule has 2 aromatic rings. The van der Waals surface area contributed by atoms with Gasteiger partial charge in [-0.2, -0.15) is 0 Å². The summed E-state index contributed by atoms with van der Waals surface area (Å²) >= 11 is 0. The number of aryl methyl sites for hydroxylation is 1. The first kappa shape index (κ1) is 14.1. The van der Waals surface area contributed by atoms with E-state index in [0.717, 1.165) is 12.0 Å². The fourth-order valence-electron chi connectivity index (χ4n) is 3.22. The van der Waals surface area contributed by atoms with Crippen LogP contribution in [-0.2, 0) is 12.8 Å². The van der Waals surface area contributed by atoms with Gasteiger partial charge >= 0.3 is 0 Å². The molecule has 0 aliphatic heterocycles. The van der Waals surface area contributed by atoms with Crippen LogP contribution in [-0.4, -0.2) is 0 Å². The molecule has 0 aromatic heterocycles. The summed E-state index contributed by atoms with van der Waals surface area (Å²) < 4.78 is 13.1. The number of hydrogen-bond acceptors (Lipinski definition) is 1. The van der Waals surface area contributed by atoms with E-state index in [-0.39, 0.29) is 11.9 Å². The molecule has 1 unspecified atom stereocenters. The Morgan fingerprint density at radius 1 is 1.05 bits per heavy atom. The van der Waals surface area contributed by atoms with Gasteiger partial charge < -0.3 is 5.32 Å². The first-order valence-corrected chi connectivity index (χ1v) is 7.90. The van der Waals surface area contributed by atoms with Gasteiger partial charge in [0.2, 0.25) is 0 Å². The Morgan fingerprint density at radius 3 is 2.57 bits per heavy atom. The van der Waals surface area contributed by atoms with Gasteiger partial charge in [0.25, 0.3) is 0 Å². The minimum absolute atomic E-state index is 0.175. The number of benzene rings is 2. The van der Waals surface area contributed by atoms with Crippen molar-refractivity contribution in [3.8, 4) is 0 Å². The third kappa shape index (κ3) is 3.10. The zero-order valence-corrected chi connectivity index (χ0v) is 12.5. The molecule has 1 aliphatic rings. The SMILES string of the molecule is CCC(Nc1cccc2c1CCCC2)c1ccc(F)cc1. The van der Waals surface area contributed by atoms with Crippen LogP contribution in [0, 0.1) is 5.82 Å². The molecule has 0 bridgehead atoms. The maximum Gasteiger partial charge on any atom is 0.123 e. The quantitative estimate of drug-likeness (QED) is 0.806. The summed E-state index contributed by atoms with van der Waals surface area (Å²) in [7, 11) is 0. The maximum atomic E-state index is 13.1. The minimum Gasteiger partial charge on any atom is -0.378 e. The van der Waals surface area contributed by atoms with Crippen LogP contribution < -0.4 is 5.32 Å². The van der Waals surface area contributed by atoms with Crippen molar-refractivity contribution in [2.24, 2.45) is 0 Å². The molecule has 0 amide bonds. The van der Waals surface area contributed by atoms with Gasteiger partial charge in [-0.3, -0.25) is 0 Å². The standard InChI is InChI=1S/C19H22FN/c1-2-18(15-10-12-16(20)13-11-15)21-19-9-5-7-14-6-3-4-8-17(14)19/h5,7,9-13,18,21H,2-4,6,8H2,1H3. The molecular formula is C19H22FN. The van der Waals surface area contributed by atoms with Crippen molar-refractivity contribution in [2.75, 3.05) is 5.32 Å². The molecule has 0 fully saturated rings. The van der Waals surface area contributed by atoms with Gasteiger partial charge in [0.05, 0.1) is 6.04 Å². The van der Waals surface area contributed by atoms with Crippen molar-refractivity contribution in [2.45, 2.75) is 45.1 Å². The van der Waals surface area contributed by atoms with Crippen molar-refractivity contribution < 1.29 is 4.39 Å². The smallest absolute Gasteiger partial charge is 0.123 e. The Hall–Kier alpha value is -1.83. The predicted molar refractivity (Wildman–Crippen MR) is 86.1 cm³/mol. The molecule has 0 saturated carbocycles. The number of anilines is 1. The van der Waals surface area contributed by atoms with Crippen molar-refractivity contribution in [3.63, 3.8) is 0 Å². The topological polar surface area (TPSA) is 12.0 Å². The van der Waals surface area contributed by atoms with Crippen LogP contribution in [0.15, 0.2) is 42.5 Å². The molecule has 1 N–H and O–H groups in total. The number of nitrogens with one attached hydrogen (secondary N) is 1. The van der Waals surface area contributed by atoms with E-state index in [0.29, 0.717) is 0 Å². The van der Waals surface area contributed by atoms with Crippen LogP contribution in [0.3, 0.4) is 0 Å². The van der Waals surface area contributed by atoms with E-state index in [4.69, 9.17) is 0 Å². The maximum absolute atomic E-state index is 13.1. The van der Waals surface area contributed by atoms with Crippen LogP contribution in [0.2, 0.25) is 0 Å². The lowest BCUT2D eigenvalue weighted by molar-refractivity contribution is 0.625. The second-order valence-electron chi connectivity index (χ2n) is 5.81.